The molecule has 2 aromatic rings. The van der Waals surface area contributed by atoms with E-state index >= 15 is 0 Å². The molecule has 1 fully saturated rings. The van der Waals surface area contributed by atoms with Crippen LogP contribution >= 0.6 is 0 Å². The van der Waals surface area contributed by atoms with Crippen LogP contribution in [0, 0.1) is 0 Å². The van der Waals surface area contributed by atoms with E-state index in [4.69, 9.17) is 4.74 Å². The predicted octanol–water partition coefficient (Wildman–Crippen LogP) is 2.89. The fourth-order valence-corrected chi connectivity index (χ4v) is 6.30. The number of sulfonamides is 2. The Hall–Kier alpha value is -2.47. The largest absolute Gasteiger partial charge is 0.373 e. The number of ether oxygens (including phenoxy) is 1. The summed E-state index contributed by atoms with van der Waals surface area (Å²) in [5.74, 6) is -0.382. The molecule has 0 aromatic heterocycles. The summed E-state index contributed by atoms with van der Waals surface area (Å²) in [6.45, 7) is 6.00. The molecule has 1 saturated heterocycles. The summed E-state index contributed by atoms with van der Waals surface area (Å²) in [5.41, 5.74) is 1.18. The van der Waals surface area contributed by atoms with Crippen molar-refractivity contribution in [2.45, 2.75) is 44.3 Å². The maximum absolute atomic E-state index is 12.9. The highest BCUT2D eigenvalue weighted by Gasteiger charge is 2.32. The van der Waals surface area contributed by atoms with Gasteiger partial charge in [-0.1, -0.05) is 6.92 Å². The molecule has 0 bridgehead atoms. The van der Waals surface area contributed by atoms with Gasteiger partial charge in [0.25, 0.3) is 5.91 Å². The standard InChI is InChI=1S/C22H29N3O6S2/c1-4-13-32(27,28)24-20-9-7-19(8-10-20)23-22(26)18-5-11-21(12-6-18)33(29,30)25-14-16(2)31-17(3)15-25/h5-12,16-17,24H,4,13-15H2,1-3H3,(H,23,26). The molecule has 11 heteroatoms. The third-order valence-electron chi connectivity index (χ3n) is 5.03. The highest BCUT2D eigenvalue weighted by atomic mass is 32.2. The lowest BCUT2D eigenvalue weighted by atomic mass is 10.2. The molecule has 9 nitrogen and oxygen atoms in total. The van der Waals surface area contributed by atoms with Gasteiger partial charge in [-0.2, -0.15) is 4.31 Å². The van der Waals surface area contributed by atoms with Gasteiger partial charge in [-0.05, 0) is 68.8 Å². The van der Waals surface area contributed by atoms with Crippen LogP contribution in [0.2, 0.25) is 0 Å². The van der Waals surface area contributed by atoms with E-state index in [-0.39, 0.29) is 35.9 Å². The SMILES string of the molecule is CCCS(=O)(=O)Nc1ccc(NC(=O)c2ccc(S(=O)(=O)N3CC(C)OC(C)C3)cc2)cc1. The summed E-state index contributed by atoms with van der Waals surface area (Å²) in [7, 11) is -7.08. The van der Waals surface area contributed by atoms with Crippen molar-refractivity contribution in [1.82, 2.24) is 4.31 Å². The smallest absolute Gasteiger partial charge is 0.255 e. The Kier molecular flexibility index (Phi) is 7.78. The third-order valence-corrected chi connectivity index (χ3v) is 8.37. The number of rotatable bonds is 8. The zero-order valence-electron chi connectivity index (χ0n) is 18.8. The maximum atomic E-state index is 12.9. The lowest BCUT2D eigenvalue weighted by Crippen LogP contribution is -2.48. The van der Waals surface area contributed by atoms with Crippen molar-refractivity contribution in [2.24, 2.45) is 0 Å². The van der Waals surface area contributed by atoms with Gasteiger partial charge < -0.3 is 10.1 Å². The van der Waals surface area contributed by atoms with E-state index in [1.807, 2.05) is 13.8 Å². The van der Waals surface area contributed by atoms with Gasteiger partial charge >= 0.3 is 0 Å². The molecule has 0 saturated carbocycles. The topological polar surface area (TPSA) is 122 Å². The number of amides is 1. The Morgan fingerprint density at radius 3 is 2.03 bits per heavy atom. The van der Waals surface area contributed by atoms with E-state index in [9.17, 15) is 21.6 Å². The molecule has 1 amide bonds. The van der Waals surface area contributed by atoms with Gasteiger partial charge in [0, 0.05) is 30.0 Å². The van der Waals surface area contributed by atoms with Crippen molar-refractivity contribution in [3.8, 4) is 0 Å². The average Bonchev–Trinajstić information content (AvgIpc) is 2.74. The number of hydrogen-bond acceptors (Lipinski definition) is 6. The zero-order chi connectivity index (χ0) is 24.2. The first-order chi connectivity index (χ1) is 15.5. The lowest BCUT2D eigenvalue weighted by molar-refractivity contribution is -0.0440. The number of hydrogen-bond donors (Lipinski definition) is 2. The molecule has 0 radical (unpaired) electrons. The Morgan fingerprint density at radius 2 is 1.48 bits per heavy atom. The van der Waals surface area contributed by atoms with Crippen molar-refractivity contribution in [1.29, 1.82) is 0 Å². The number of carbonyl (C=O) groups is 1. The monoisotopic (exact) mass is 495 g/mol. The summed E-state index contributed by atoms with van der Waals surface area (Å²) in [6.07, 6.45) is 0.123. The van der Waals surface area contributed by atoms with Gasteiger partial charge in [-0.3, -0.25) is 9.52 Å². The molecule has 2 atom stereocenters. The van der Waals surface area contributed by atoms with E-state index in [1.165, 1.54) is 28.6 Å². The van der Waals surface area contributed by atoms with E-state index in [1.54, 1.807) is 31.2 Å². The van der Waals surface area contributed by atoms with Gasteiger partial charge in [0.15, 0.2) is 0 Å². The van der Waals surface area contributed by atoms with Gasteiger partial charge in [0.2, 0.25) is 20.0 Å². The molecule has 2 N–H and O–H groups in total. The summed E-state index contributed by atoms with van der Waals surface area (Å²) in [6, 6.07) is 12.0. The average molecular weight is 496 g/mol. The second kappa shape index (κ2) is 10.2. The van der Waals surface area contributed by atoms with Crippen LogP contribution in [0.5, 0.6) is 0 Å². The number of benzene rings is 2. The Labute approximate surface area is 195 Å². The van der Waals surface area contributed by atoms with Crippen molar-refractivity contribution < 1.29 is 26.4 Å². The molecule has 1 aliphatic rings. The van der Waals surface area contributed by atoms with Crippen molar-refractivity contribution in [3.05, 3.63) is 54.1 Å². The van der Waals surface area contributed by atoms with E-state index in [0.717, 1.165) is 0 Å². The minimum atomic E-state index is -3.69. The quantitative estimate of drug-likeness (QED) is 0.581. The number of carbonyl (C=O) groups excluding carboxylic acids is 1. The predicted molar refractivity (Wildman–Crippen MR) is 127 cm³/mol. The number of nitrogens with one attached hydrogen (secondary N) is 2. The van der Waals surface area contributed by atoms with E-state index < -0.39 is 26.0 Å². The van der Waals surface area contributed by atoms with Crippen LogP contribution in [-0.2, 0) is 24.8 Å². The first-order valence-corrected chi connectivity index (χ1v) is 13.8. The summed E-state index contributed by atoms with van der Waals surface area (Å²) in [5, 5.41) is 2.71. The summed E-state index contributed by atoms with van der Waals surface area (Å²) < 4.78 is 59.1. The molecule has 3 rings (SSSR count). The Morgan fingerprint density at radius 1 is 0.939 bits per heavy atom. The fraction of sp³-hybridized carbons (Fsp3) is 0.409. The minimum absolute atomic E-state index is 0.0286. The molecule has 0 spiro atoms. The molecule has 0 aliphatic carbocycles. The molecule has 1 aliphatic heterocycles. The number of nitrogens with zero attached hydrogens (tertiary/aromatic N) is 1. The van der Waals surface area contributed by atoms with Crippen LogP contribution in [-0.4, -0.2) is 58.1 Å². The Balaban J connectivity index is 1.66. The first-order valence-electron chi connectivity index (χ1n) is 10.7. The fourth-order valence-electron chi connectivity index (χ4n) is 3.58. The van der Waals surface area contributed by atoms with Gasteiger partial charge in [-0.25, -0.2) is 16.8 Å². The normalized spacial score (nSPS) is 19.7. The number of morpholine rings is 1. The molecule has 33 heavy (non-hydrogen) atoms. The van der Waals surface area contributed by atoms with Crippen LogP contribution in [0.3, 0.4) is 0 Å². The van der Waals surface area contributed by atoms with E-state index in [0.29, 0.717) is 23.4 Å². The van der Waals surface area contributed by atoms with Crippen molar-refractivity contribution >= 4 is 37.3 Å². The molecular weight excluding hydrogens is 466 g/mol. The Bertz CT molecular complexity index is 1170. The van der Waals surface area contributed by atoms with Gasteiger partial charge in [0.1, 0.15) is 0 Å². The van der Waals surface area contributed by atoms with Crippen LogP contribution in [0.15, 0.2) is 53.4 Å². The number of anilines is 2. The second-order valence-electron chi connectivity index (χ2n) is 8.06. The molecule has 180 valence electrons. The minimum Gasteiger partial charge on any atom is -0.373 e. The summed E-state index contributed by atoms with van der Waals surface area (Å²) in [4.78, 5) is 12.7. The molecular formula is C22H29N3O6S2. The zero-order valence-corrected chi connectivity index (χ0v) is 20.4. The van der Waals surface area contributed by atoms with Crippen LogP contribution in [0.1, 0.15) is 37.6 Å². The van der Waals surface area contributed by atoms with Crippen molar-refractivity contribution in [3.63, 3.8) is 0 Å². The molecule has 2 aromatic carbocycles. The van der Waals surface area contributed by atoms with Gasteiger partial charge in [-0.15, -0.1) is 0 Å². The maximum Gasteiger partial charge on any atom is 0.255 e. The van der Waals surface area contributed by atoms with Crippen LogP contribution < -0.4 is 10.0 Å². The highest BCUT2D eigenvalue weighted by molar-refractivity contribution is 7.92. The third kappa shape index (κ3) is 6.53. The van der Waals surface area contributed by atoms with E-state index in [2.05, 4.69) is 10.0 Å². The van der Waals surface area contributed by atoms with Crippen LogP contribution in [0.25, 0.3) is 0 Å². The van der Waals surface area contributed by atoms with Gasteiger partial charge in [0.05, 0.1) is 22.9 Å². The lowest BCUT2D eigenvalue weighted by Gasteiger charge is -2.34. The first kappa shape index (κ1) is 25.2. The van der Waals surface area contributed by atoms with Crippen LogP contribution in [0.4, 0.5) is 11.4 Å². The molecule has 2 unspecified atom stereocenters. The molecule has 1 heterocycles. The van der Waals surface area contributed by atoms with Crippen molar-refractivity contribution in [2.75, 3.05) is 28.9 Å². The second-order valence-corrected chi connectivity index (χ2v) is 11.8. The highest BCUT2D eigenvalue weighted by Crippen LogP contribution is 2.22. The summed E-state index contributed by atoms with van der Waals surface area (Å²) >= 11 is 0.